The Morgan fingerprint density at radius 1 is 1.05 bits per heavy atom. The molecule has 0 spiro atoms. The highest BCUT2D eigenvalue weighted by Crippen LogP contribution is 2.45. The molecule has 3 heterocycles. The number of hydrogen-bond acceptors (Lipinski definition) is 8. The molecule has 7 nitrogen and oxygen atoms in total. The van der Waals surface area contributed by atoms with Crippen molar-refractivity contribution in [3.05, 3.63) is 119 Å². The van der Waals surface area contributed by atoms with Gasteiger partial charge in [-0.2, -0.15) is 0 Å². The van der Waals surface area contributed by atoms with Gasteiger partial charge in [0.2, 0.25) is 5.13 Å². The summed E-state index contributed by atoms with van der Waals surface area (Å²) in [6.45, 7) is 1.94. The summed E-state index contributed by atoms with van der Waals surface area (Å²) in [6, 6.07) is 24.0. The number of hydrogen-bond donors (Lipinski definition) is 1. The van der Waals surface area contributed by atoms with Crippen LogP contribution in [0.3, 0.4) is 0 Å². The van der Waals surface area contributed by atoms with Crippen LogP contribution in [0.15, 0.2) is 94.8 Å². The lowest BCUT2D eigenvalue weighted by Gasteiger charge is -2.23. The first-order chi connectivity index (χ1) is 20.9. The molecule has 0 aliphatic carbocycles. The van der Waals surface area contributed by atoms with Crippen molar-refractivity contribution in [3.8, 4) is 5.75 Å². The third-order valence-corrected chi connectivity index (χ3v) is 9.75. The van der Waals surface area contributed by atoms with Crippen molar-refractivity contribution >= 4 is 56.5 Å². The fourth-order valence-electron chi connectivity index (χ4n) is 5.66. The lowest BCUT2D eigenvalue weighted by atomic mass is 9.94. The lowest BCUT2D eigenvalue weighted by molar-refractivity contribution is -0.132. The van der Waals surface area contributed by atoms with Gasteiger partial charge in [0.25, 0.3) is 5.78 Å². The smallest absolute Gasteiger partial charge is 0.301 e. The van der Waals surface area contributed by atoms with Gasteiger partial charge in [0, 0.05) is 23.3 Å². The van der Waals surface area contributed by atoms with Crippen LogP contribution in [0.4, 0.5) is 9.52 Å². The molecule has 10 heteroatoms. The second-order valence-electron chi connectivity index (χ2n) is 10.4. The number of ether oxygens (including phenoxy) is 1. The zero-order valence-corrected chi connectivity index (χ0v) is 24.5. The Labute approximate surface area is 254 Å². The van der Waals surface area contributed by atoms with E-state index in [9.17, 15) is 14.7 Å². The van der Waals surface area contributed by atoms with Crippen molar-refractivity contribution < 1.29 is 23.8 Å². The van der Waals surface area contributed by atoms with Gasteiger partial charge in [0.15, 0.2) is 4.34 Å². The number of thioether (sulfide) groups is 1. The van der Waals surface area contributed by atoms with Crippen LogP contribution in [0.25, 0.3) is 16.5 Å². The van der Waals surface area contributed by atoms with Crippen LogP contribution in [0.1, 0.15) is 35.2 Å². The Balaban J connectivity index is 1.26. The molecule has 0 radical (unpaired) electrons. The molecule has 1 aromatic heterocycles. The number of benzene rings is 4. The van der Waals surface area contributed by atoms with Crippen LogP contribution in [0.2, 0.25) is 0 Å². The average molecular weight is 610 g/mol. The number of fused-ring (bicyclic) bond motifs is 2. The standard InChI is InChI=1S/C33H24FN3O4S2/c1-18-15-22-16-20(13-14-26(22)41-18)29(38)27-28(24-11-4-5-12-25(24)34)37(31(40)30(27)39)32-35-36-33(43-32)42-17-21-9-6-8-19-7-2-3-10-23(19)21/h2-14,16,18,28,38H,15,17H2,1H3. The molecule has 1 saturated heterocycles. The van der Waals surface area contributed by atoms with E-state index in [1.165, 1.54) is 30.0 Å². The Kier molecular flexibility index (Phi) is 6.95. The third-order valence-electron chi connectivity index (χ3n) is 7.65. The van der Waals surface area contributed by atoms with E-state index in [1.54, 1.807) is 24.3 Å². The highest BCUT2D eigenvalue weighted by atomic mass is 32.2. The van der Waals surface area contributed by atoms with Crippen LogP contribution < -0.4 is 9.64 Å². The first-order valence-electron chi connectivity index (χ1n) is 13.7. The van der Waals surface area contributed by atoms with Gasteiger partial charge < -0.3 is 9.84 Å². The Morgan fingerprint density at radius 2 is 1.84 bits per heavy atom. The summed E-state index contributed by atoms with van der Waals surface area (Å²) in [5.74, 6) is -1.50. The summed E-state index contributed by atoms with van der Waals surface area (Å²) >= 11 is 2.60. The van der Waals surface area contributed by atoms with Gasteiger partial charge in [0.05, 0.1) is 5.57 Å². The van der Waals surface area contributed by atoms with Crippen LogP contribution in [-0.2, 0) is 21.8 Å². The Hall–Kier alpha value is -4.54. The highest BCUT2D eigenvalue weighted by molar-refractivity contribution is 8.00. The van der Waals surface area contributed by atoms with E-state index >= 15 is 4.39 Å². The van der Waals surface area contributed by atoms with Crippen LogP contribution in [0.5, 0.6) is 5.75 Å². The minimum atomic E-state index is -1.23. The second-order valence-corrected chi connectivity index (χ2v) is 12.6. The summed E-state index contributed by atoms with van der Waals surface area (Å²) in [6.07, 6.45) is 0.632. The molecule has 7 rings (SSSR count). The molecule has 2 atom stereocenters. The van der Waals surface area contributed by atoms with Gasteiger partial charge >= 0.3 is 5.91 Å². The molecule has 1 amide bonds. The number of ketones is 1. The molecule has 2 aliphatic rings. The highest BCUT2D eigenvalue weighted by Gasteiger charge is 2.49. The molecule has 0 bridgehead atoms. The van der Waals surface area contributed by atoms with Crippen molar-refractivity contribution in [1.29, 1.82) is 0 Å². The monoisotopic (exact) mass is 609 g/mol. The van der Waals surface area contributed by atoms with E-state index in [2.05, 4.69) is 34.5 Å². The van der Waals surface area contributed by atoms with Gasteiger partial charge in [-0.15, -0.1) is 10.2 Å². The molecular formula is C33H24FN3O4S2. The van der Waals surface area contributed by atoms with Crippen LogP contribution in [0, 0.1) is 5.82 Å². The van der Waals surface area contributed by atoms with E-state index in [1.807, 2.05) is 25.1 Å². The number of Topliss-reactive ketones (excluding diaryl/α,β-unsaturated/α-hetero) is 1. The summed E-state index contributed by atoms with van der Waals surface area (Å²) < 4.78 is 21.6. The van der Waals surface area contributed by atoms with Gasteiger partial charge in [-0.25, -0.2) is 4.39 Å². The van der Waals surface area contributed by atoms with E-state index in [4.69, 9.17) is 4.74 Å². The molecule has 2 aliphatic heterocycles. The summed E-state index contributed by atoms with van der Waals surface area (Å²) in [7, 11) is 0. The quantitative estimate of drug-likeness (QED) is 0.0724. The third kappa shape index (κ3) is 4.86. The maximum Gasteiger partial charge on any atom is 0.301 e. The van der Waals surface area contributed by atoms with Crippen LogP contribution >= 0.6 is 23.1 Å². The number of amides is 1. The molecule has 4 aromatic carbocycles. The van der Waals surface area contributed by atoms with E-state index in [0.29, 0.717) is 27.8 Å². The van der Waals surface area contributed by atoms with Crippen molar-refractivity contribution in [2.75, 3.05) is 4.90 Å². The second kappa shape index (κ2) is 10.9. The molecule has 0 saturated carbocycles. The molecule has 214 valence electrons. The number of carbonyl (C=O) groups excluding carboxylic acids is 2. The summed E-state index contributed by atoms with van der Waals surface area (Å²) in [5.41, 5.74) is 2.22. The van der Waals surface area contributed by atoms with Gasteiger partial charge in [-0.3, -0.25) is 14.5 Å². The zero-order valence-electron chi connectivity index (χ0n) is 22.9. The summed E-state index contributed by atoms with van der Waals surface area (Å²) in [5, 5.41) is 22.4. The molecule has 5 aromatic rings. The number of carbonyl (C=O) groups is 2. The van der Waals surface area contributed by atoms with Gasteiger partial charge in [-0.1, -0.05) is 83.8 Å². The normalized spacial score (nSPS) is 19.2. The number of aliphatic hydroxyl groups excluding tert-OH is 1. The largest absolute Gasteiger partial charge is 0.507 e. The molecule has 1 fully saturated rings. The van der Waals surface area contributed by atoms with E-state index < -0.39 is 23.5 Å². The minimum absolute atomic E-state index is 0.0125. The first-order valence-corrected chi connectivity index (χ1v) is 15.5. The van der Waals surface area contributed by atoms with Crippen LogP contribution in [-0.4, -0.2) is 33.1 Å². The average Bonchev–Trinajstić information content (AvgIpc) is 3.70. The molecule has 43 heavy (non-hydrogen) atoms. The predicted octanol–water partition coefficient (Wildman–Crippen LogP) is 7.07. The van der Waals surface area contributed by atoms with Gasteiger partial charge in [-0.05, 0) is 53.1 Å². The lowest BCUT2D eigenvalue weighted by Crippen LogP contribution is -2.29. The number of aromatic nitrogens is 2. The first kappa shape index (κ1) is 27.3. The fraction of sp³-hybridized carbons (Fsp3) is 0.152. The Bertz CT molecular complexity index is 1950. The van der Waals surface area contributed by atoms with Crippen molar-refractivity contribution in [1.82, 2.24) is 10.2 Å². The summed E-state index contributed by atoms with van der Waals surface area (Å²) in [4.78, 5) is 28.2. The number of halogens is 1. The Morgan fingerprint density at radius 3 is 2.70 bits per heavy atom. The number of aliphatic hydroxyl groups is 1. The topological polar surface area (TPSA) is 92.6 Å². The van der Waals surface area contributed by atoms with Crippen molar-refractivity contribution in [2.24, 2.45) is 0 Å². The number of rotatable bonds is 6. The molecule has 2 unspecified atom stereocenters. The number of anilines is 1. The predicted molar refractivity (Wildman–Crippen MR) is 165 cm³/mol. The maximum absolute atomic E-state index is 15.3. The minimum Gasteiger partial charge on any atom is -0.507 e. The van der Waals surface area contributed by atoms with Crippen molar-refractivity contribution in [2.45, 2.75) is 35.6 Å². The molecule has 1 N–H and O–H groups in total. The van der Waals surface area contributed by atoms with E-state index in [-0.39, 0.29) is 28.1 Å². The van der Waals surface area contributed by atoms with E-state index in [0.717, 1.165) is 38.1 Å². The number of nitrogens with zero attached hydrogens (tertiary/aromatic N) is 3. The fourth-order valence-corrected chi connectivity index (χ4v) is 7.53. The van der Waals surface area contributed by atoms with Crippen molar-refractivity contribution in [3.63, 3.8) is 0 Å². The SMILES string of the molecule is CC1Cc2cc(C(O)=C3C(=O)C(=O)N(c4nnc(SCc5cccc6ccccc56)s4)C3c3ccccc3F)ccc2O1. The van der Waals surface area contributed by atoms with Gasteiger partial charge in [0.1, 0.15) is 29.5 Å². The molecular weight excluding hydrogens is 586 g/mol. The zero-order chi connectivity index (χ0) is 29.7. The maximum atomic E-state index is 15.3.